The van der Waals surface area contributed by atoms with E-state index in [0.717, 1.165) is 11.0 Å². The first-order chi connectivity index (χ1) is 11.1. The molecule has 120 valence electrons. The number of carbonyl (C=O) groups excluding carboxylic acids is 1. The van der Waals surface area contributed by atoms with Gasteiger partial charge in [-0.05, 0) is 42.7 Å². The van der Waals surface area contributed by atoms with Gasteiger partial charge < -0.3 is 10.6 Å². The predicted octanol–water partition coefficient (Wildman–Crippen LogP) is 3.13. The van der Waals surface area contributed by atoms with Crippen molar-refractivity contribution < 1.29 is 4.79 Å². The highest BCUT2D eigenvalue weighted by molar-refractivity contribution is 9.10. The third-order valence-corrected chi connectivity index (χ3v) is 4.97. The number of rotatable bonds is 5. The van der Waals surface area contributed by atoms with E-state index in [1.54, 1.807) is 19.2 Å². The zero-order chi connectivity index (χ0) is 16.3. The molecule has 0 unspecified atom stereocenters. The van der Waals surface area contributed by atoms with Gasteiger partial charge in [0.2, 0.25) is 0 Å². The minimum absolute atomic E-state index is 0.158. The number of anilines is 1. The van der Waals surface area contributed by atoms with E-state index < -0.39 is 0 Å². The Bertz CT molecular complexity index is 698. The van der Waals surface area contributed by atoms with Gasteiger partial charge in [-0.2, -0.15) is 0 Å². The molecule has 2 N–H and O–H groups in total. The highest BCUT2D eigenvalue weighted by Gasteiger charge is 2.38. The van der Waals surface area contributed by atoms with Crippen LogP contribution in [0.25, 0.3) is 0 Å². The molecular weight excluding hydrogens is 356 g/mol. The van der Waals surface area contributed by atoms with E-state index in [1.807, 2.05) is 6.07 Å². The molecule has 23 heavy (non-hydrogen) atoms. The highest BCUT2D eigenvalue weighted by atomic mass is 79.9. The highest BCUT2D eigenvalue weighted by Crippen LogP contribution is 2.44. The van der Waals surface area contributed by atoms with Crippen LogP contribution in [0.4, 0.5) is 5.82 Å². The van der Waals surface area contributed by atoms with Gasteiger partial charge >= 0.3 is 0 Å². The van der Waals surface area contributed by atoms with E-state index in [4.69, 9.17) is 0 Å². The fourth-order valence-electron chi connectivity index (χ4n) is 2.92. The van der Waals surface area contributed by atoms with Crippen LogP contribution < -0.4 is 10.6 Å². The molecule has 3 rings (SSSR count). The van der Waals surface area contributed by atoms with Crippen LogP contribution in [0.1, 0.15) is 35.3 Å². The summed E-state index contributed by atoms with van der Waals surface area (Å²) >= 11 is 3.55. The smallest absolute Gasteiger partial charge is 0.271 e. The van der Waals surface area contributed by atoms with Crippen LogP contribution in [-0.2, 0) is 5.41 Å². The molecule has 1 aliphatic rings. The number of aromatic nitrogens is 2. The van der Waals surface area contributed by atoms with Crippen LogP contribution in [0, 0.1) is 0 Å². The fraction of sp³-hybridized carbons (Fsp3) is 0.353. The molecule has 0 bridgehead atoms. The Morgan fingerprint density at radius 1 is 1.26 bits per heavy atom. The zero-order valence-corrected chi connectivity index (χ0v) is 14.6. The first kappa shape index (κ1) is 15.9. The van der Waals surface area contributed by atoms with Crippen LogP contribution in [0.2, 0.25) is 0 Å². The Kier molecular flexibility index (Phi) is 4.61. The molecule has 0 radical (unpaired) electrons. The minimum Gasteiger partial charge on any atom is -0.368 e. The molecule has 5 nitrogen and oxygen atoms in total. The Hall–Kier alpha value is -1.95. The van der Waals surface area contributed by atoms with Gasteiger partial charge in [-0.15, -0.1) is 10.2 Å². The van der Waals surface area contributed by atoms with Crippen molar-refractivity contribution in [2.24, 2.45) is 0 Å². The number of hydrogen-bond donors (Lipinski definition) is 2. The zero-order valence-electron chi connectivity index (χ0n) is 13.0. The average Bonchev–Trinajstić information content (AvgIpc) is 2.54. The quantitative estimate of drug-likeness (QED) is 0.843. The molecule has 1 aromatic heterocycles. The second-order valence-electron chi connectivity index (χ2n) is 5.88. The Balaban J connectivity index is 1.70. The SMILES string of the molecule is CNC(=O)c1ccc(NCC2(c3cccc(Br)c3)CCC2)nn1. The van der Waals surface area contributed by atoms with Gasteiger partial charge in [0.05, 0.1) is 0 Å². The summed E-state index contributed by atoms with van der Waals surface area (Å²) in [6, 6.07) is 12.0. The van der Waals surface area contributed by atoms with Gasteiger partial charge in [-0.3, -0.25) is 4.79 Å². The molecule has 0 spiro atoms. The van der Waals surface area contributed by atoms with Crippen LogP contribution >= 0.6 is 15.9 Å². The molecule has 2 aromatic rings. The second kappa shape index (κ2) is 6.66. The summed E-state index contributed by atoms with van der Waals surface area (Å²) in [6.07, 6.45) is 3.58. The lowest BCUT2D eigenvalue weighted by molar-refractivity contribution is 0.0957. The first-order valence-corrected chi connectivity index (χ1v) is 8.48. The van der Waals surface area contributed by atoms with E-state index in [9.17, 15) is 4.79 Å². The van der Waals surface area contributed by atoms with Crippen molar-refractivity contribution in [1.29, 1.82) is 0 Å². The van der Waals surface area contributed by atoms with E-state index >= 15 is 0 Å². The van der Waals surface area contributed by atoms with Crippen LogP contribution in [0.5, 0.6) is 0 Å². The van der Waals surface area contributed by atoms with Crippen molar-refractivity contribution >= 4 is 27.7 Å². The van der Waals surface area contributed by atoms with E-state index in [0.29, 0.717) is 11.5 Å². The average molecular weight is 375 g/mol. The summed E-state index contributed by atoms with van der Waals surface area (Å²) in [7, 11) is 1.58. The number of nitrogens with zero attached hydrogens (tertiary/aromatic N) is 2. The maximum Gasteiger partial charge on any atom is 0.271 e. The number of nitrogens with one attached hydrogen (secondary N) is 2. The van der Waals surface area contributed by atoms with Crippen molar-refractivity contribution in [2.45, 2.75) is 24.7 Å². The normalized spacial score (nSPS) is 15.6. The number of halogens is 1. The maximum absolute atomic E-state index is 11.5. The summed E-state index contributed by atoms with van der Waals surface area (Å²) in [6.45, 7) is 0.817. The van der Waals surface area contributed by atoms with Gasteiger partial charge in [0.1, 0.15) is 5.82 Å². The third-order valence-electron chi connectivity index (χ3n) is 4.48. The lowest BCUT2D eigenvalue weighted by Crippen LogP contribution is -2.41. The molecule has 1 aliphatic carbocycles. The molecule has 0 aliphatic heterocycles. The summed E-state index contributed by atoms with van der Waals surface area (Å²) in [5, 5.41) is 13.9. The molecule has 1 heterocycles. The number of carbonyl (C=O) groups is 1. The molecule has 0 saturated heterocycles. The van der Waals surface area contributed by atoms with Gasteiger partial charge in [-0.25, -0.2) is 0 Å². The van der Waals surface area contributed by atoms with Crippen molar-refractivity contribution in [2.75, 3.05) is 18.9 Å². The molecule has 1 amide bonds. The molecular formula is C17H19BrN4O. The lowest BCUT2D eigenvalue weighted by atomic mass is 9.64. The van der Waals surface area contributed by atoms with E-state index in [1.165, 1.54) is 24.8 Å². The van der Waals surface area contributed by atoms with Crippen molar-refractivity contribution in [3.8, 4) is 0 Å². The van der Waals surface area contributed by atoms with Gasteiger partial charge in [0.15, 0.2) is 5.69 Å². The number of benzene rings is 1. The monoisotopic (exact) mass is 374 g/mol. The number of amides is 1. The van der Waals surface area contributed by atoms with E-state index in [2.05, 4.69) is 55.0 Å². The van der Waals surface area contributed by atoms with Gasteiger partial charge in [0.25, 0.3) is 5.91 Å². The van der Waals surface area contributed by atoms with Crippen molar-refractivity contribution in [3.63, 3.8) is 0 Å². The van der Waals surface area contributed by atoms with Crippen LogP contribution in [0.3, 0.4) is 0 Å². The Morgan fingerprint density at radius 3 is 2.65 bits per heavy atom. The van der Waals surface area contributed by atoms with Crippen LogP contribution in [0.15, 0.2) is 40.9 Å². The van der Waals surface area contributed by atoms with Crippen molar-refractivity contribution in [1.82, 2.24) is 15.5 Å². The summed E-state index contributed by atoms with van der Waals surface area (Å²) in [5.41, 5.74) is 1.83. The molecule has 1 aromatic carbocycles. The Labute approximate surface area is 144 Å². The number of hydrogen-bond acceptors (Lipinski definition) is 4. The van der Waals surface area contributed by atoms with Crippen LogP contribution in [-0.4, -0.2) is 29.7 Å². The first-order valence-electron chi connectivity index (χ1n) is 7.69. The maximum atomic E-state index is 11.5. The summed E-state index contributed by atoms with van der Waals surface area (Å²) in [4.78, 5) is 11.5. The second-order valence-corrected chi connectivity index (χ2v) is 6.80. The summed E-state index contributed by atoms with van der Waals surface area (Å²) < 4.78 is 1.11. The largest absolute Gasteiger partial charge is 0.368 e. The fourth-order valence-corrected chi connectivity index (χ4v) is 3.32. The summed E-state index contributed by atoms with van der Waals surface area (Å²) in [5.74, 6) is 0.465. The predicted molar refractivity (Wildman–Crippen MR) is 93.6 cm³/mol. The van der Waals surface area contributed by atoms with Crippen molar-refractivity contribution in [3.05, 3.63) is 52.1 Å². The minimum atomic E-state index is -0.228. The molecule has 0 atom stereocenters. The third kappa shape index (κ3) is 3.37. The van der Waals surface area contributed by atoms with Gasteiger partial charge in [0, 0.05) is 23.5 Å². The Morgan fingerprint density at radius 2 is 2.09 bits per heavy atom. The van der Waals surface area contributed by atoms with E-state index in [-0.39, 0.29) is 11.3 Å². The molecule has 6 heteroatoms. The standard InChI is InChI=1S/C17H19BrN4O/c1-19-16(23)14-6-7-15(22-21-14)20-11-17(8-3-9-17)12-4-2-5-13(18)10-12/h2,4-7,10H,3,8-9,11H2,1H3,(H,19,23)(H,20,22). The lowest BCUT2D eigenvalue weighted by Gasteiger charge is -2.42. The topological polar surface area (TPSA) is 66.9 Å². The molecule has 1 fully saturated rings. The van der Waals surface area contributed by atoms with Gasteiger partial charge in [-0.1, -0.05) is 34.5 Å². The molecule has 1 saturated carbocycles.